The van der Waals surface area contributed by atoms with Crippen LogP contribution in [0.15, 0.2) is 77.6 Å². The van der Waals surface area contributed by atoms with Crippen molar-refractivity contribution in [2.75, 3.05) is 11.9 Å². The lowest BCUT2D eigenvalue weighted by Crippen LogP contribution is -2.26. The van der Waals surface area contributed by atoms with Crippen molar-refractivity contribution in [3.05, 3.63) is 78.8 Å². The van der Waals surface area contributed by atoms with Crippen molar-refractivity contribution in [2.24, 2.45) is 0 Å². The van der Waals surface area contributed by atoms with Gasteiger partial charge in [0.05, 0.1) is 17.5 Å². The van der Waals surface area contributed by atoms with Crippen LogP contribution < -0.4 is 9.64 Å². The maximum Gasteiger partial charge on any atom is 0.261 e. The molecule has 0 spiro atoms. The van der Waals surface area contributed by atoms with E-state index in [4.69, 9.17) is 9.15 Å². The molecule has 0 saturated heterocycles. The molecule has 0 aliphatic rings. The molecule has 4 nitrogen and oxygen atoms in total. The van der Waals surface area contributed by atoms with E-state index in [9.17, 15) is 4.79 Å². The first kappa shape index (κ1) is 13.9. The lowest BCUT2D eigenvalue weighted by atomic mass is 10.2. The Bertz CT molecular complexity index is 751. The fourth-order valence-electron chi connectivity index (χ4n) is 2.13. The van der Waals surface area contributed by atoms with Crippen LogP contribution in [-0.2, 0) is 0 Å². The van der Waals surface area contributed by atoms with Crippen LogP contribution in [0.2, 0.25) is 0 Å². The standard InChI is InChI=1S/C18H15NO3/c1-19(18(20)14-11-12-21-13-14)16-9-5-6-10-17(16)22-15-7-3-2-4-8-15/h2-13H,1H3. The highest BCUT2D eigenvalue weighted by Crippen LogP contribution is 2.32. The summed E-state index contributed by atoms with van der Waals surface area (Å²) in [6, 6.07) is 18.5. The van der Waals surface area contributed by atoms with Crippen molar-refractivity contribution in [3.8, 4) is 11.5 Å². The van der Waals surface area contributed by atoms with E-state index < -0.39 is 0 Å². The molecule has 22 heavy (non-hydrogen) atoms. The topological polar surface area (TPSA) is 42.7 Å². The highest BCUT2D eigenvalue weighted by atomic mass is 16.5. The molecule has 0 unspecified atom stereocenters. The summed E-state index contributed by atoms with van der Waals surface area (Å²) < 4.78 is 10.8. The van der Waals surface area contributed by atoms with Crippen LogP contribution in [0, 0.1) is 0 Å². The number of rotatable bonds is 4. The maximum atomic E-state index is 12.4. The lowest BCUT2D eigenvalue weighted by Gasteiger charge is -2.20. The predicted molar refractivity (Wildman–Crippen MR) is 84.4 cm³/mol. The number of carbonyl (C=O) groups excluding carboxylic acids is 1. The van der Waals surface area contributed by atoms with Crippen LogP contribution in [0.3, 0.4) is 0 Å². The zero-order valence-electron chi connectivity index (χ0n) is 12.1. The normalized spacial score (nSPS) is 10.2. The number of nitrogens with zero attached hydrogens (tertiary/aromatic N) is 1. The van der Waals surface area contributed by atoms with Crippen molar-refractivity contribution in [3.63, 3.8) is 0 Å². The second kappa shape index (κ2) is 6.18. The highest BCUT2D eigenvalue weighted by Gasteiger charge is 2.18. The lowest BCUT2D eigenvalue weighted by molar-refractivity contribution is 0.0992. The number of amides is 1. The summed E-state index contributed by atoms with van der Waals surface area (Å²) in [5.41, 5.74) is 1.19. The van der Waals surface area contributed by atoms with E-state index in [0.717, 1.165) is 5.75 Å². The maximum absolute atomic E-state index is 12.4. The molecule has 2 aromatic carbocycles. The summed E-state index contributed by atoms with van der Waals surface area (Å²) in [5, 5.41) is 0. The van der Waals surface area contributed by atoms with Crippen LogP contribution in [-0.4, -0.2) is 13.0 Å². The molecule has 1 aromatic heterocycles. The molecule has 3 rings (SSSR count). The molecule has 0 aliphatic heterocycles. The van der Waals surface area contributed by atoms with E-state index in [0.29, 0.717) is 17.0 Å². The molecule has 0 N–H and O–H groups in total. The van der Waals surface area contributed by atoms with E-state index in [1.54, 1.807) is 18.0 Å². The first-order valence-electron chi connectivity index (χ1n) is 6.88. The number of ether oxygens (including phenoxy) is 1. The zero-order valence-corrected chi connectivity index (χ0v) is 12.1. The van der Waals surface area contributed by atoms with Gasteiger partial charge in [0.25, 0.3) is 5.91 Å². The second-order valence-corrected chi connectivity index (χ2v) is 4.76. The van der Waals surface area contributed by atoms with Crippen molar-refractivity contribution >= 4 is 11.6 Å². The van der Waals surface area contributed by atoms with Gasteiger partial charge in [-0.05, 0) is 30.3 Å². The average Bonchev–Trinajstić information content (AvgIpc) is 3.09. The molecular weight excluding hydrogens is 278 g/mol. The minimum absolute atomic E-state index is 0.155. The minimum Gasteiger partial charge on any atom is -0.472 e. The van der Waals surface area contributed by atoms with Crippen molar-refractivity contribution in [1.82, 2.24) is 0 Å². The monoisotopic (exact) mass is 293 g/mol. The number of carbonyl (C=O) groups is 1. The Kier molecular flexibility index (Phi) is 3.92. The van der Waals surface area contributed by atoms with Gasteiger partial charge >= 0.3 is 0 Å². The van der Waals surface area contributed by atoms with Gasteiger partial charge in [-0.2, -0.15) is 0 Å². The molecule has 110 valence electrons. The van der Waals surface area contributed by atoms with Crippen LogP contribution >= 0.6 is 0 Å². The highest BCUT2D eigenvalue weighted by molar-refractivity contribution is 6.06. The summed E-state index contributed by atoms with van der Waals surface area (Å²) in [6.45, 7) is 0. The summed E-state index contributed by atoms with van der Waals surface area (Å²) in [5.74, 6) is 1.19. The van der Waals surface area contributed by atoms with Gasteiger partial charge in [-0.1, -0.05) is 30.3 Å². The van der Waals surface area contributed by atoms with Gasteiger partial charge in [-0.3, -0.25) is 4.79 Å². The Balaban J connectivity index is 1.89. The SMILES string of the molecule is CN(C(=O)c1ccoc1)c1ccccc1Oc1ccccc1. The van der Waals surface area contributed by atoms with E-state index >= 15 is 0 Å². The van der Waals surface area contributed by atoms with Gasteiger partial charge in [0, 0.05) is 7.05 Å². The fraction of sp³-hybridized carbons (Fsp3) is 0.0556. The molecular formula is C18H15NO3. The second-order valence-electron chi connectivity index (χ2n) is 4.76. The summed E-state index contributed by atoms with van der Waals surface area (Å²) in [7, 11) is 1.71. The zero-order chi connectivity index (χ0) is 15.4. The molecule has 4 heteroatoms. The summed E-state index contributed by atoms with van der Waals surface area (Å²) in [4.78, 5) is 14.0. The summed E-state index contributed by atoms with van der Waals surface area (Å²) in [6.07, 6.45) is 2.91. The van der Waals surface area contributed by atoms with Gasteiger partial charge in [0.1, 0.15) is 12.0 Å². The van der Waals surface area contributed by atoms with Crippen molar-refractivity contribution in [1.29, 1.82) is 0 Å². The van der Waals surface area contributed by atoms with Gasteiger partial charge < -0.3 is 14.1 Å². The van der Waals surface area contributed by atoms with E-state index in [1.165, 1.54) is 12.5 Å². The number of hydrogen-bond acceptors (Lipinski definition) is 3. The molecule has 0 atom stereocenters. The van der Waals surface area contributed by atoms with Crippen LogP contribution in [0.25, 0.3) is 0 Å². The number of benzene rings is 2. The summed E-state index contributed by atoms with van der Waals surface area (Å²) >= 11 is 0. The molecule has 0 fully saturated rings. The Hall–Kier alpha value is -3.01. The number of hydrogen-bond donors (Lipinski definition) is 0. The fourth-order valence-corrected chi connectivity index (χ4v) is 2.13. The molecule has 1 amide bonds. The first-order chi connectivity index (χ1) is 10.8. The molecule has 0 radical (unpaired) electrons. The van der Waals surface area contributed by atoms with Gasteiger partial charge in [-0.15, -0.1) is 0 Å². The molecule has 0 saturated carbocycles. The Labute approximate surface area is 128 Å². The van der Waals surface area contributed by atoms with E-state index in [2.05, 4.69) is 0 Å². The van der Waals surface area contributed by atoms with E-state index in [-0.39, 0.29) is 5.91 Å². The Morgan fingerprint density at radius 1 is 1.00 bits per heavy atom. The molecule has 1 heterocycles. The Morgan fingerprint density at radius 3 is 2.45 bits per heavy atom. The van der Waals surface area contributed by atoms with Crippen molar-refractivity contribution < 1.29 is 13.9 Å². The van der Waals surface area contributed by atoms with Crippen LogP contribution in [0.4, 0.5) is 5.69 Å². The third kappa shape index (κ3) is 2.86. The van der Waals surface area contributed by atoms with Crippen LogP contribution in [0.5, 0.6) is 11.5 Å². The quantitative estimate of drug-likeness (QED) is 0.718. The average molecular weight is 293 g/mol. The first-order valence-corrected chi connectivity index (χ1v) is 6.88. The van der Waals surface area contributed by atoms with Crippen LogP contribution in [0.1, 0.15) is 10.4 Å². The molecule has 3 aromatic rings. The predicted octanol–water partition coefficient (Wildman–Crippen LogP) is 4.35. The number of anilines is 1. The third-order valence-corrected chi connectivity index (χ3v) is 3.27. The number of para-hydroxylation sites is 3. The molecule has 0 aliphatic carbocycles. The number of furan rings is 1. The van der Waals surface area contributed by atoms with Crippen molar-refractivity contribution in [2.45, 2.75) is 0 Å². The van der Waals surface area contributed by atoms with Gasteiger partial charge in [-0.25, -0.2) is 0 Å². The smallest absolute Gasteiger partial charge is 0.261 e. The van der Waals surface area contributed by atoms with Gasteiger partial charge in [0.2, 0.25) is 0 Å². The molecule has 0 bridgehead atoms. The minimum atomic E-state index is -0.155. The third-order valence-electron chi connectivity index (χ3n) is 3.27. The largest absolute Gasteiger partial charge is 0.472 e. The Morgan fingerprint density at radius 2 is 1.73 bits per heavy atom. The van der Waals surface area contributed by atoms with Gasteiger partial charge in [0.15, 0.2) is 5.75 Å². The van der Waals surface area contributed by atoms with E-state index in [1.807, 2.05) is 54.6 Å².